The zero-order chi connectivity index (χ0) is 18.5. The molecule has 1 unspecified atom stereocenters. The van der Waals surface area contributed by atoms with Crippen molar-refractivity contribution in [2.75, 3.05) is 20.3 Å². The smallest absolute Gasteiger partial charge is 0.407 e. The molecule has 2 aliphatic heterocycles. The van der Waals surface area contributed by atoms with Crippen molar-refractivity contribution >= 4 is 6.09 Å². The highest BCUT2D eigenvalue weighted by atomic mass is 16.7. The third kappa shape index (κ3) is 4.05. The first-order valence-electron chi connectivity index (χ1n) is 8.36. The lowest BCUT2D eigenvalue weighted by molar-refractivity contribution is -0.341. The fraction of sp³-hybridized carbons (Fsp3) is 0.500. The third-order valence-electron chi connectivity index (χ3n) is 4.29. The maximum absolute atomic E-state index is 11.9. The highest BCUT2D eigenvalue weighted by molar-refractivity contribution is 5.67. The van der Waals surface area contributed by atoms with Crippen molar-refractivity contribution in [3.63, 3.8) is 0 Å². The van der Waals surface area contributed by atoms with Crippen LogP contribution >= 0.6 is 0 Å². The molecular weight excluding hydrogens is 342 g/mol. The molecule has 0 spiro atoms. The van der Waals surface area contributed by atoms with Crippen LogP contribution in [0.25, 0.3) is 0 Å². The summed E-state index contributed by atoms with van der Waals surface area (Å²) in [6, 6.07) is 8.55. The van der Waals surface area contributed by atoms with Crippen molar-refractivity contribution in [3.05, 3.63) is 48.6 Å². The van der Waals surface area contributed by atoms with Crippen LogP contribution in [0.3, 0.4) is 0 Å². The maximum atomic E-state index is 11.9. The molecule has 0 bridgehead atoms. The molecule has 1 aromatic carbocycles. The number of amides is 1. The Labute approximate surface area is 151 Å². The molecule has 142 valence electrons. The monoisotopic (exact) mass is 365 g/mol. The molecule has 2 fully saturated rings. The van der Waals surface area contributed by atoms with E-state index in [-0.39, 0.29) is 13.2 Å². The summed E-state index contributed by atoms with van der Waals surface area (Å²) in [6.07, 6.45) is -3.01. The minimum absolute atomic E-state index is 0.0552. The molecule has 3 rings (SSSR count). The second-order valence-corrected chi connectivity index (χ2v) is 6.00. The molecule has 2 N–H and O–H groups in total. The molecule has 2 aliphatic rings. The SMILES string of the molecule is C=CCOC(=O)N[C@H]1[C@@H](OC)O[C@@H]2COC(c3ccccc3)O[C@H]2[C@@H]1O. The number of benzene rings is 1. The van der Waals surface area contributed by atoms with Crippen LogP contribution in [0.1, 0.15) is 11.9 Å². The van der Waals surface area contributed by atoms with E-state index in [9.17, 15) is 9.90 Å². The number of aliphatic hydroxyl groups excluding tert-OH is 1. The molecule has 1 amide bonds. The predicted octanol–water partition coefficient (Wildman–Crippen LogP) is 1.11. The number of aliphatic hydroxyl groups is 1. The average molecular weight is 365 g/mol. The van der Waals surface area contributed by atoms with Crippen molar-refractivity contribution in [3.8, 4) is 0 Å². The van der Waals surface area contributed by atoms with Crippen LogP contribution in [0, 0.1) is 0 Å². The number of carbonyl (C=O) groups is 1. The number of methoxy groups -OCH3 is 1. The minimum Gasteiger partial charge on any atom is -0.445 e. The summed E-state index contributed by atoms with van der Waals surface area (Å²) in [7, 11) is 1.43. The number of hydrogen-bond donors (Lipinski definition) is 2. The lowest BCUT2D eigenvalue weighted by Crippen LogP contribution is -2.66. The number of rotatable bonds is 5. The average Bonchev–Trinajstić information content (AvgIpc) is 2.68. The van der Waals surface area contributed by atoms with Gasteiger partial charge in [0.25, 0.3) is 0 Å². The van der Waals surface area contributed by atoms with E-state index < -0.39 is 43.0 Å². The van der Waals surface area contributed by atoms with E-state index in [2.05, 4.69) is 11.9 Å². The highest BCUT2D eigenvalue weighted by Gasteiger charge is 2.50. The standard InChI is InChI=1S/C18H23NO7/c1-3-9-23-18(21)19-13-14(20)15-12(25-17(13)22-2)10-24-16(26-15)11-7-5-4-6-8-11/h3-8,12-17,20H,1,9-10H2,2H3,(H,19,21)/t12-,13-,14-,15-,16?,17+/m1/s1. The van der Waals surface area contributed by atoms with Crippen molar-refractivity contribution in [1.82, 2.24) is 5.32 Å². The Balaban J connectivity index is 1.70. The second-order valence-electron chi connectivity index (χ2n) is 6.00. The summed E-state index contributed by atoms with van der Waals surface area (Å²) in [5.41, 5.74) is 0.835. The van der Waals surface area contributed by atoms with Gasteiger partial charge in [0, 0.05) is 12.7 Å². The van der Waals surface area contributed by atoms with Gasteiger partial charge in [0.1, 0.15) is 31.0 Å². The van der Waals surface area contributed by atoms with Gasteiger partial charge in [0.2, 0.25) is 0 Å². The van der Waals surface area contributed by atoms with Gasteiger partial charge < -0.3 is 34.1 Å². The van der Waals surface area contributed by atoms with E-state index in [1.165, 1.54) is 13.2 Å². The van der Waals surface area contributed by atoms with E-state index in [4.69, 9.17) is 23.7 Å². The van der Waals surface area contributed by atoms with Crippen LogP contribution in [-0.4, -0.2) is 62.2 Å². The number of hydrogen-bond acceptors (Lipinski definition) is 7. The van der Waals surface area contributed by atoms with Crippen LogP contribution in [0.2, 0.25) is 0 Å². The molecule has 0 aliphatic carbocycles. The van der Waals surface area contributed by atoms with Crippen LogP contribution in [-0.2, 0) is 23.7 Å². The first-order valence-corrected chi connectivity index (χ1v) is 8.36. The van der Waals surface area contributed by atoms with Gasteiger partial charge in [-0.25, -0.2) is 4.79 Å². The van der Waals surface area contributed by atoms with Gasteiger partial charge >= 0.3 is 6.09 Å². The Morgan fingerprint density at radius 2 is 2.15 bits per heavy atom. The first kappa shape index (κ1) is 18.8. The molecule has 2 heterocycles. The predicted molar refractivity (Wildman–Crippen MR) is 90.2 cm³/mol. The van der Waals surface area contributed by atoms with Gasteiger partial charge in [0.15, 0.2) is 12.6 Å². The van der Waals surface area contributed by atoms with E-state index in [1.54, 1.807) is 0 Å². The summed E-state index contributed by atoms with van der Waals surface area (Å²) in [5, 5.41) is 13.3. The van der Waals surface area contributed by atoms with Crippen molar-refractivity contribution in [2.45, 2.75) is 36.9 Å². The first-order chi connectivity index (χ1) is 12.6. The molecule has 0 saturated carbocycles. The quantitative estimate of drug-likeness (QED) is 0.755. The van der Waals surface area contributed by atoms with Gasteiger partial charge in [-0.15, -0.1) is 0 Å². The van der Waals surface area contributed by atoms with E-state index in [0.29, 0.717) is 0 Å². The molecule has 0 radical (unpaired) electrons. The molecule has 6 atom stereocenters. The Morgan fingerprint density at radius 3 is 2.85 bits per heavy atom. The Bertz CT molecular complexity index is 611. The summed E-state index contributed by atoms with van der Waals surface area (Å²) in [4.78, 5) is 11.9. The number of alkyl carbamates (subject to hydrolysis) is 1. The Morgan fingerprint density at radius 1 is 1.38 bits per heavy atom. The molecule has 0 aromatic heterocycles. The lowest BCUT2D eigenvalue weighted by atomic mass is 9.96. The van der Waals surface area contributed by atoms with Gasteiger partial charge in [0.05, 0.1) is 6.61 Å². The summed E-state index contributed by atoms with van der Waals surface area (Å²) >= 11 is 0. The fourth-order valence-electron chi connectivity index (χ4n) is 3.04. The second kappa shape index (κ2) is 8.61. The maximum Gasteiger partial charge on any atom is 0.407 e. The minimum atomic E-state index is -1.06. The van der Waals surface area contributed by atoms with Crippen molar-refractivity contribution in [1.29, 1.82) is 0 Å². The zero-order valence-corrected chi connectivity index (χ0v) is 14.4. The van der Waals surface area contributed by atoms with E-state index >= 15 is 0 Å². The van der Waals surface area contributed by atoms with Crippen molar-refractivity contribution in [2.24, 2.45) is 0 Å². The van der Waals surface area contributed by atoms with Crippen LogP contribution in [0.15, 0.2) is 43.0 Å². The van der Waals surface area contributed by atoms with Crippen LogP contribution < -0.4 is 5.32 Å². The van der Waals surface area contributed by atoms with E-state index in [0.717, 1.165) is 5.56 Å². The summed E-state index contributed by atoms with van der Waals surface area (Å²) < 4.78 is 27.6. The molecule has 26 heavy (non-hydrogen) atoms. The number of fused-ring (bicyclic) bond motifs is 1. The summed E-state index contributed by atoms with van der Waals surface area (Å²) in [6.45, 7) is 3.77. The fourth-order valence-corrected chi connectivity index (χ4v) is 3.04. The highest BCUT2D eigenvalue weighted by Crippen LogP contribution is 2.34. The Hall–Kier alpha value is -1.97. The molecular formula is C18H23NO7. The summed E-state index contributed by atoms with van der Waals surface area (Å²) in [5.74, 6) is 0. The molecule has 8 nitrogen and oxygen atoms in total. The van der Waals surface area contributed by atoms with Gasteiger partial charge in [-0.05, 0) is 0 Å². The van der Waals surface area contributed by atoms with Gasteiger partial charge in [-0.1, -0.05) is 43.0 Å². The van der Waals surface area contributed by atoms with Crippen LogP contribution in [0.4, 0.5) is 4.79 Å². The van der Waals surface area contributed by atoms with Crippen LogP contribution in [0.5, 0.6) is 0 Å². The Kier molecular flexibility index (Phi) is 6.23. The zero-order valence-electron chi connectivity index (χ0n) is 14.4. The number of carbonyl (C=O) groups excluding carboxylic acids is 1. The van der Waals surface area contributed by atoms with Gasteiger partial charge in [-0.2, -0.15) is 0 Å². The lowest BCUT2D eigenvalue weighted by Gasteiger charge is -2.47. The molecule has 2 saturated heterocycles. The molecule has 8 heteroatoms. The van der Waals surface area contributed by atoms with Gasteiger partial charge in [-0.3, -0.25) is 0 Å². The van der Waals surface area contributed by atoms with E-state index in [1.807, 2.05) is 30.3 Å². The third-order valence-corrected chi connectivity index (χ3v) is 4.29. The largest absolute Gasteiger partial charge is 0.445 e. The molecule has 1 aromatic rings. The number of nitrogens with one attached hydrogen (secondary N) is 1. The normalized spacial score (nSPS) is 33.8. The topological polar surface area (TPSA) is 95.5 Å². The number of ether oxygens (including phenoxy) is 5. The van der Waals surface area contributed by atoms with Crippen molar-refractivity contribution < 1.29 is 33.6 Å².